The highest BCUT2D eigenvalue weighted by Crippen LogP contribution is 2.39. The van der Waals surface area contributed by atoms with Crippen LogP contribution in [-0.4, -0.2) is 35.9 Å². The molecule has 0 aromatic carbocycles. The predicted molar refractivity (Wildman–Crippen MR) is 78.8 cm³/mol. The van der Waals surface area contributed by atoms with Crippen LogP contribution in [0.2, 0.25) is 0 Å². The van der Waals surface area contributed by atoms with E-state index in [1.807, 2.05) is 13.8 Å². The van der Waals surface area contributed by atoms with Gasteiger partial charge in [-0.3, -0.25) is 10.1 Å². The van der Waals surface area contributed by atoms with Gasteiger partial charge >= 0.3 is 5.97 Å². The average Bonchev–Trinajstić information content (AvgIpc) is 3.10. The van der Waals surface area contributed by atoms with E-state index < -0.39 is 11.5 Å². The molecule has 0 bridgehead atoms. The van der Waals surface area contributed by atoms with Crippen molar-refractivity contribution in [3.8, 4) is 0 Å². The molecule has 2 aliphatic carbocycles. The summed E-state index contributed by atoms with van der Waals surface area (Å²) >= 11 is 0. The molecule has 2 saturated carbocycles. The Morgan fingerprint density at radius 2 is 2.00 bits per heavy atom. The quantitative estimate of drug-likeness (QED) is 0.639. The first-order valence-electron chi connectivity index (χ1n) is 8.13. The van der Waals surface area contributed by atoms with Gasteiger partial charge in [0.15, 0.2) is 0 Å². The minimum Gasteiger partial charge on any atom is -0.480 e. The van der Waals surface area contributed by atoms with E-state index in [4.69, 9.17) is 4.74 Å². The van der Waals surface area contributed by atoms with Crippen molar-refractivity contribution in [3.05, 3.63) is 0 Å². The van der Waals surface area contributed by atoms with Crippen molar-refractivity contribution < 1.29 is 14.6 Å². The Morgan fingerprint density at radius 1 is 1.30 bits per heavy atom. The van der Waals surface area contributed by atoms with Gasteiger partial charge in [-0.15, -0.1) is 0 Å². The van der Waals surface area contributed by atoms with Crippen LogP contribution in [0.25, 0.3) is 0 Å². The molecular formula is C16H29NO3. The standard InChI is InChI=1S/C16H29NO3/c1-12(2)17-16(15(18)19)9-3-4-14(16)8-11-20-10-7-13-5-6-13/h12-14,17H,3-11H2,1-2H3,(H,18,19). The summed E-state index contributed by atoms with van der Waals surface area (Å²) in [6.45, 7) is 5.58. The van der Waals surface area contributed by atoms with E-state index in [2.05, 4.69) is 5.32 Å². The zero-order valence-electron chi connectivity index (χ0n) is 12.9. The SMILES string of the molecule is CC(C)NC1(C(=O)O)CCCC1CCOCCC1CC1. The minimum atomic E-state index is -0.728. The fraction of sp³-hybridized carbons (Fsp3) is 0.938. The van der Waals surface area contributed by atoms with Crippen LogP contribution < -0.4 is 5.32 Å². The molecule has 0 saturated heterocycles. The van der Waals surface area contributed by atoms with E-state index in [-0.39, 0.29) is 12.0 Å². The van der Waals surface area contributed by atoms with Crippen LogP contribution in [-0.2, 0) is 9.53 Å². The first-order chi connectivity index (χ1) is 9.54. The van der Waals surface area contributed by atoms with Gasteiger partial charge in [0.05, 0.1) is 0 Å². The molecule has 2 unspecified atom stereocenters. The van der Waals surface area contributed by atoms with E-state index >= 15 is 0 Å². The molecule has 0 spiro atoms. The number of nitrogens with one attached hydrogen (secondary N) is 1. The van der Waals surface area contributed by atoms with Crippen molar-refractivity contribution in [3.63, 3.8) is 0 Å². The summed E-state index contributed by atoms with van der Waals surface area (Å²) < 4.78 is 5.70. The average molecular weight is 283 g/mol. The van der Waals surface area contributed by atoms with Gasteiger partial charge in [0.1, 0.15) is 5.54 Å². The van der Waals surface area contributed by atoms with Crippen LogP contribution in [0, 0.1) is 11.8 Å². The van der Waals surface area contributed by atoms with Crippen LogP contribution in [0.5, 0.6) is 0 Å². The van der Waals surface area contributed by atoms with Gasteiger partial charge in [0.2, 0.25) is 0 Å². The maximum absolute atomic E-state index is 11.8. The summed E-state index contributed by atoms with van der Waals surface area (Å²) in [4.78, 5) is 11.8. The molecular weight excluding hydrogens is 254 g/mol. The molecule has 4 nitrogen and oxygen atoms in total. The molecule has 0 amide bonds. The molecule has 0 aliphatic heterocycles. The Kier molecular flexibility index (Phi) is 5.44. The molecule has 20 heavy (non-hydrogen) atoms. The maximum Gasteiger partial charge on any atom is 0.324 e. The normalized spacial score (nSPS) is 30.1. The number of carboxylic acids is 1. The zero-order valence-corrected chi connectivity index (χ0v) is 12.9. The number of carbonyl (C=O) groups is 1. The van der Waals surface area contributed by atoms with E-state index in [0.717, 1.165) is 38.2 Å². The lowest BCUT2D eigenvalue weighted by Gasteiger charge is -2.34. The molecule has 2 rings (SSSR count). The molecule has 2 atom stereocenters. The van der Waals surface area contributed by atoms with Crippen molar-refractivity contribution in [2.75, 3.05) is 13.2 Å². The van der Waals surface area contributed by atoms with E-state index in [9.17, 15) is 9.90 Å². The third-order valence-corrected chi connectivity index (χ3v) is 4.73. The Bertz CT molecular complexity index is 328. The van der Waals surface area contributed by atoms with Gasteiger partial charge in [0, 0.05) is 19.3 Å². The van der Waals surface area contributed by atoms with Crippen LogP contribution in [0.15, 0.2) is 0 Å². The van der Waals surface area contributed by atoms with Crippen LogP contribution in [0.4, 0.5) is 0 Å². The number of carboxylic acid groups (broad SMARTS) is 1. The molecule has 2 N–H and O–H groups in total. The maximum atomic E-state index is 11.8. The number of hydrogen-bond acceptors (Lipinski definition) is 3. The Balaban J connectivity index is 1.78. The molecule has 2 aliphatic rings. The largest absolute Gasteiger partial charge is 0.480 e. The van der Waals surface area contributed by atoms with Gasteiger partial charge in [-0.2, -0.15) is 0 Å². The summed E-state index contributed by atoms with van der Waals surface area (Å²) in [5.41, 5.74) is -0.728. The fourth-order valence-corrected chi connectivity index (χ4v) is 3.50. The second-order valence-corrected chi connectivity index (χ2v) is 6.80. The van der Waals surface area contributed by atoms with Crippen LogP contribution in [0.1, 0.15) is 58.8 Å². The highest BCUT2D eigenvalue weighted by atomic mass is 16.5. The topological polar surface area (TPSA) is 58.6 Å². The number of ether oxygens (including phenoxy) is 1. The third kappa shape index (κ3) is 3.95. The van der Waals surface area contributed by atoms with Gasteiger partial charge in [-0.25, -0.2) is 0 Å². The molecule has 116 valence electrons. The van der Waals surface area contributed by atoms with Gasteiger partial charge in [0.25, 0.3) is 0 Å². The number of hydrogen-bond donors (Lipinski definition) is 2. The smallest absolute Gasteiger partial charge is 0.324 e. The van der Waals surface area contributed by atoms with Crippen LogP contribution in [0.3, 0.4) is 0 Å². The highest BCUT2D eigenvalue weighted by Gasteiger charge is 2.48. The second-order valence-electron chi connectivity index (χ2n) is 6.80. The number of aliphatic carboxylic acids is 1. The molecule has 4 heteroatoms. The van der Waals surface area contributed by atoms with Crippen molar-refractivity contribution in [1.82, 2.24) is 5.32 Å². The lowest BCUT2D eigenvalue weighted by molar-refractivity contribution is -0.147. The Labute approximate surface area is 122 Å². The second kappa shape index (κ2) is 6.90. The summed E-state index contributed by atoms with van der Waals surface area (Å²) in [7, 11) is 0. The van der Waals surface area contributed by atoms with Crippen LogP contribution >= 0.6 is 0 Å². The fourth-order valence-electron chi connectivity index (χ4n) is 3.50. The summed E-state index contributed by atoms with van der Waals surface area (Å²) in [6.07, 6.45) is 7.51. The number of rotatable bonds is 9. The van der Waals surface area contributed by atoms with Crippen molar-refractivity contribution in [1.29, 1.82) is 0 Å². The lowest BCUT2D eigenvalue weighted by Crippen LogP contribution is -2.57. The Hall–Kier alpha value is -0.610. The Morgan fingerprint density at radius 3 is 2.60 bits per heavy atom. The first-order valence-corrected chi connectivity index (χ1v) is 8.13. The minimum absolute atomic E-state index is 0.197. The van der Waals surface area contributed by atoms with E-state index in [1.54, 1.807) is 0 Å². The summed E-state index contributed by atoms with van der Waals surface area (Å²) in [5, 5.41) is 13.0. The van der Waals surface area contributed by atoms with Gasteiger partial charge in [-0.1, -0.05) is 19.3 Å². The van der Waals surface area contributed by atoms with Gasteiger partial charge in [-0.05, 0) is 51.4 Å². The summed E-state index contributed by atoms with van der Waals surface area (Å²) in [5.74, 6) is 0.414. The van der Waals surface area contributed by atoms with E-state index in [1.165, 1.54) is 19.3 Å². The van der Waals surface area contributed by atoms with Crippen molar-refractivity contribution >= 4 is 5.97 Å². The third-order valence-electron chi connectivity index (χ3n) is 4.73. The molecule has 0 aromatic heterocycles. The lowest BCUT2D eigenvalue weighted by atomic mass is 9.84. The summed E-state index contributed by atoms with van der Waals surface area (Å²) in [6, 6.07) is 0.197. The molecule has 0 aromatic rings. The first kappa shape index (κ1) is 15.8. The predicted octanol–water partition coefficient (Wildman–Crippen LogP) is 2.81. The van der Waals surface area contributed by atoms with E-state index in [0.29, 0.717) is 6.61 Å². The highest BCUT2D eigenvalue weighted by molar-refractivity contribution is 5.79. The molecule has 2 fully saturated rings. The van der Waals surface area contributed by atoms with Crippen molar-refractivity contribution in [2.45, 2.75) is 70.4 Å². The zero-order chi connectivity index (χ0) is 14.6. The van der Waals surface area contributed by atoms with Crippen molar-refractivity contribution in [2.24, 2.45) is 11.8 Å². The molecule has 0 heterocycles. The van der Waals surface area contributed by atoms with Gasteiger partial charge < -0.3 is 9.84 Å². The monoisotopic (exact) mass is 283 g/mol. The molecule has 0 radical (unpaired) electrons.